The van der Waals surface area contributed by atoms with Gasteiger partial charge in [-0.15, -0.1) is 0 Å². The van der Waals surface area contributed by atoms with Crippen molar-refractivity contribution in [1.29, 1.82) is 0 Å². The molecule has 1 aromatic rings. The van der Waals surface area contributed by atoms with E-state index in [4.69, 9.17) is 12.2 Å². The highest BCUT2D eigenvalue weighted by molar-refractivity contribution is 7.71. The molecule has 0 radical (unpaired) electrons. The summed E-state index contributed by atoms with van der Waals surface area (Å²) in [6, 6.07) is 1.44. The molecule has 0 spiro atoms. The van der Waals surface area contributed by atoms with Crippen LogP contribution in [0.4, 0.5) is 0 Å². The molecule has 0 amide bonds. The summed E-state index contributed by atoms with van der Waals surface area (Å²) >= 11 is 5.49. The Bertz CT molecular complexity index is 490. The number of aromatic amines is 1. The first kappa shape index (κ1) is 12.4. The minimum atomic E-state index is 0.153. The number of nitrogens with zero attached hydrogens (tertiary/aromatic N) is 2. The highest BCUT2D eigenvalue weighted by atomic mass is 32.1. The summed E-state index contributed by atoms with van der Waals surface area (Å²) in [5.74, 6) is 0. The standard InChI is InChI=1S/C14H23N3S/c1-14(2,3)12-8-15-13(18)17(12)11-6-7-16(9-11)10-4-5-10/h8,10-11H,4-7,9H2,1-3H3,(H,15,18). The Balaban J connectivity index is 1.88. The van der Waals surface area contributed by atoms with Gasteiger partial charge >= 0.3 is 0 Å². The van der Waals surface area contributed by atoms with Crippen molar-refractivity contribution < 1.29 is 0 Å². The zero-order valence-electron chi connectivity index (χ0n) is 11.6. The zero-order chi connectivity index (χ0) is 12.9. The normalized spacial score (nSPS) is 25.8. The fraction of sp³-hybridized carbons (Fsp3) is 0.786. The average Bonchev–Trinajstić information content (AvgIpc) is 2.87. The van der Waals surface area contributed by atoms with E-state index in [0.29, 0.717) is 6.04 Å². The second-order valence-electron chi connectivity index (χ2n) is 6.77. The lowest BCUT2D eigenvalue weighted by Crippen LogP contribution is -2.26. The fourth-order valence-electron chi connectivity index (χ4n) is 3.07. The Hall–Kier alpha value is -0.610. The Kier molecular flexibility index (Phi) is 2.90. The molecule has 1 aliphatic heterocycles. The molecule has 1 saturated heterocycles. The van der Waals surface area contributed by atoms with Gasteiger partial charge < -0.3 is 9.55 Å². The van der Waals surface area contributed by atoms with Crippen LogP contribution in [0.5, 0.6) is 0 Å². The lowest BCUT2D eigenvalue weighted by Gasteiger charge is -2.24. The van der Waals surface area contributed by atoms with E-state index in [1.54, 1.807) is 0 Å². The number of imidazole rings is 1. The molecule has 3 rings (SSSR count). The third-order valence-corrected chi connectivity index (χ3v) is 4.52. The van der Waals surface area contributed by atoms with Crippen LogP contribution >= 0.6 is 12.2 Å². The van der Waals surface area contributed by atoms with Crippen molar-refractivity contribution in [2.24, 2.45) is 0 Å². The summed E-state index contributed by atoms with van der Waals surface area (Å²) in [7, 11) is 0. The van der Waals surface area contributed by atoms with Gasteiger partial charge in [-0.3, -0.25) is 4.90 Å². The van der Waals surface area contributed by atoms with Crippen LogP contribution in [0.25, 0.3) is 0 Å². The molecule has 1 atom stereocenters. The molecule has 3 nitrogen and oxygen atoms in total. The predicted octanol–water partition coefficient (Wildman–Crippen LogP) is 3.25. The number of hydrogen-bond acceptors (Lipinski definition) is 2. The smallest absolute Gasteiger partial charge is 0.177 e. The van der Waals surface area contributed by atoms with Gasteiger partial charge in [0.25, 0.3) is 0 Å². The van der Waals surface area contributed by atoms with Gasteiger partial charge in [0.15, 0.2) is 4.77 Å². The number of nitrogens with one attached hydrogen (secondary N) is 1. The van der Waals surface area contributed by atoms with Crippen molar-refractivity contribution >= 4 is 12.2 Å². The van der Waals surface area contributed by atoms with Crippen molar-refractivity contribution in [2.75, 3.05) is 13.1 Å². The summed E-state index contributed by atoms with van der Waals surface area (Å²) in [6.45, 7) is 9.20. The topological polar surface area (TPSA) is 24.0 Å². The highest BCUT2D eigenvalue weighted by Gasteiger charge is 2.36. The Morgan fingerprint density at radius 1 is 1.22 bits per heavy atom. The van der Waals surface area contributed by atoms with Gasteiger partial charge in [-0.25, -0.2) is 0 Å². The number of hydrogen-bond donors (Lipinski definition) is 1. The lowest BCUT2D eigenvalue weighted by molar-refractivity contribution is 0.310. The molecule has 1 saturated carbocycles. The van der Waals surface area contributed by atoms with Gasteiger partial charge in [-0.1, -0.05) is 20.8 Å². The second-order valence-corrected chi connectivity index (χ2v) is 7.15. The van der Waals surface area contributed by atoms with Gasteiger partial charge in [-0.2, -0.15) is 0 Å². The molecule has 1 aromatic heterocycles. The van der Waals surface area contributed by atoms with E-state index < -0.39 is 0 Å². The molecule has 2 heterocycles. The van der Waals surface area contributed by atoms with Crippen molar-refractivity contribution in [3.05, 3.63) is 16.7 Å². The number of likely N-dealkylation sites (tertiary alicyclic amines) is 1. The maximum Gasteiger partial charge on any atom is 0.177 e. The maximum atomic E-state index is 5.49. The van der Waals surface area contributed by atoms with Crippen LogP contribution in [0.1, 0.15) is 51.8 Å². The van der Waals surface area contributed by atoms with Crippen LogP contribution in [0, 0.1) is 4.77 Å². The molecular formula is C14H23N3S. The van der Waals surface area contributed by atoms with Crippen LogP contribution in [0.2, 0.25) is 0 Å². The van der Waals surface area contributed by atoms with E-state index >= 15 is 0 Å². The predicted molar refractivity (Wildman–Crippen MR) is 76.6 cm³/mol. The van der Waals surface area contributed by atoms with Gasteiger partial charge in [0, 0.05) is 36.4 Å². The van der Waals surface area contributed by atoms with E-state index in [1.165, 1.54) is 38.0 Å². The van der Waals surface area contributed by atoms with Crippen molar-refractivity contribution in [1.82, 2.24) is 14.5 Å². The van der Waals surface area contributed by atoms with Crippen molar-refractivity contribution in [2.45, 2.75) is 57.5 Å². The van der Waals surface area contributed by atoms with E-state index in [2.05, 4.69) is 41.4 Å². The van der Waals surface area contributed by atoms with E-state index in [0.717, 1.165) is 10.8 Å². The van der Waals surface area contributed by atoms with Gasteiger partial charge in [-0.05, 0) is 31.5 Å². The first-order valence-electron chi connectivity index (χ1n) is 7.01. The Morgan fingerprint density at radius 2 is 1.94 bits per heavy atom. The Morgan fingerprint density at radius 3 is 2.56 bits per heavy atom. The largest absolute Gasteiger partial charge is 0.337 e. The molecule has 100 valence electrons. The second kappa shape index (κ2) is 4.20. The minimum Gasteiger partial charge on any atom is -0.337 e. The molecule has 2 fully saturated rings. The molecule has 2 aliphatic rings. The fourth-order valence-corrected chi connectivity index (χ4v) is 3.38. The molecule has 0 aromatic carbocycles. The first-order valence-corrected chi connectivity index (χ1v) is 7.42. The number of aromatic nitrogens is 2. The SMILES string of the molecule is CC(C)(C)c1c[nH]c(=S)n1C1CCN(C2CC2)C1. The monoisotopic (exact) mass is 265 g/mol. The van der Waals surface area contributed by atoms with Gasteiger partial charge in [0.05, 0.1) is 6.04 Å². The third kappa shape index (κ3) is 2.16. The molecule has 4 heteroatoms. The quantitative estimate of drug-likeness (QED) is 0.830. The molecule has 1 unspecified atom stereocenters. The molecule has 1 aliphatic carbocycles. The van der Waals surface area contributed by atoms with Gasteiger partial charge in [0.2, 0.25) is 0 Å². The van der Waals surface area contributed by atoms with E-state index in [-0.39, 0.29) is 5.41 Å². The first-order chi connectivity index (χ1) is 8.47. The van der Waals surface area contributed by atoms with Crippen molar-refractivity contribution in [3.8, 4) is 0 Å². The van der Waals surface area contributed by atoms with Crippen molar-refractivity contribution in [3.63, 3.8) is 0 Å². The van der Waals surface area contributed by atoms with Gasteiger partial charge in [0.1, 0.15) is 0 Å². The Labute approximate surface area is 114 Å². The molecule has 18 heavy (non-hydrogen) atoms. The van der Waals surface area contributed by atoms with Crippen LogP contribution < -0.4 is 0 Å². The number of H-pyrrole nitrogens is 1. The van der Waals surface area contributed by atoms with Crippen LogP contribution in [0.15, 0.2) is 6.20 Å². The van der Waals surface area contributed by atoms with Crippen LogP contribution in [-0.4, -0.2) is 33.6 Å². The lowest BCUT2D eigenvalue weighted by atomic mass is 9.92. The maximum absolute atomic E-state index is 5.49. The molecule has 1 N–H and O–H groups in total. The van der Waals surface area contributed by atoms with Crippen LogP contribution in [-0.2, 0) is 5.41 Å². The van der Waals surface area contributed by atoms with Crippen LogP contribution in [0.3, 0.4) is 0 Å². The summed E-state index contributed by atoms with van der Waals surface area (Å²) in [5, 5.41) is 0. The zero-order valence-corrected chi connectivity index (χ0v) is 12.4. The highest BCUT2D eigenvalue weighted by Crippen LogP contribution is 2.35. The van der Waals surface area contributed by atoms with E-state index in [9.17, 15) is 0 Å². The third-order valence-electron chi connectivity index (χ3n) is 4.20. The summed E-state index contributed by atoms with van der Waals surface area (Å²) < 4.78 is 3.26. The molecular weight excluding hydrogens is 242 g/mol. The number of rotatable bonds is 2. The summed E-state index contributed by atoms with van der Waals surface area (Å²) in [5.41, 5.74) is 1.50. The molecule has 0 bridgehead atoms. The summed E-state index contributed by atoms with van der Waals surface area (Å²) in [6.07, 6.45) is 6.14. The summed E-state index contributed by atoms with van der Waals surface area (Å²) in [4.78, 5) is 5.88. The van der Waals surface area contributed by atoms with E-state index in [1.807, 2.05) is 0 Å². The minimum absolute atomic E-state index is 0.153. The average molecular weight is 265 g/mol.